The van der Waals surface area contributed by atoms with Gasteiger partial charge in [-0.1, -0.05) is 17.7 Å². The van der Waals surface area contributed by atoms with Crippen LogP contribution in [0.1, 0.15) is 5.56 Å². The molecule has 1 nitrogen and oxygen atoms in total. The maximum absolute atomic E-state index is 6.00. The molecule has 2 rings (SSSR count). The fourth-order valence-corrected chi connectivity index (χ4v) is 1.94. The van der Waals surface area contributed by atoms with Gasteiger partial charge in [0.05, 0.1) is 5.02 Å². The summed E-state index contributed by atoms with van der Waals surface area (Å²) in [6.07, 6.45) is 1.14. The van der Waals surface area contributed by atoms with Crippen LogP contribution in [0.2, 0.25) is 5.02 Å². The molecule has 0 bridgehead atoms. The van der Waals surface area contributed by atoms with Gasteiger partial charge in [0.1, 0.15) is 0 Å². The van der Waals surface area contributed by atoms with E-state index in [4.69, 9.17) is 11.6 Å². The molecule has 1 aliphatic rings. The average Bonchev–Trinajstić information content (AvgIpc) is 2.04. The second-order valence-corrected chi connectivity index (χ2v) is 4.74. The van der Waals surface area contributed by atoms with Crippen molar-refractivity contribution in [3.05, 3.63) is 33.3 Å². The summed E-state index contributed by atoms with van der Waals surface area (Å²) in [6, 6.07) is 6.20. The molecule has 1 aromatic rings. The summed E-state index contributed by atoms with van der Waals surface area (Å²) >= 11 is 9.38. The number of hydrogen-bond donors (Lipinski definition) is 1. The molecular weight excluding hydrogens is 249 g/mol. The Hall–Kier alpha value is -0.0500. The fourth-order valence-electron chi connectivity index (χ4n) is 1.49. The van der Waals surface area contributed by atoms with Crippen molar-refractivity contribution in [2.75, 3.05) is 13.1 Å². The summed E-state index contributed by atoms with van der Waals surface area (Å²) in [6.45, 7) is 2.29. The Balaban J connectivity index is 2.07. The fraction of sp³-hybridized carbons (Fsp3) is 0.400. The van der Waals surface area contributed by atoms with Crippen LogP contribution in [-0.2, 0) is 6.42 Å². The van der Waals surface area contributed by atoms with Gasteiger partial charge in [0.2, 0.25) is 0 Å². The molecule has 70 valence electrons. The summed E-state index contributed by atoms with van der Waals surface area (Å²) in [4.78, 5) is 0. The van der Waals surface area contributed by atoms with E-state index in [1.54, 1.807) is 0 Å². The lowest BCUT2D eigenvalue weighted by atomic mass is 9.94. The number of rotatable bonds is 2. The van der Waals surface area contributed by atoms with Crippen LogP contribution in [0, 0.1) is 5.92 Å². The van der Waals surface area contributed by atoms with Crippen molar-refractivity contribution in [1.29, 1.82) is 0 Å². The number of benzene rings is 1. The summed E-state index contributed by atoms with van der Waals surface area (Å²) in [5.41, 5.74) is 1.33. The summed E-state index contributed by atoms with van der Waals surface area (Å²) < 4.78 is 0.977. The van der Waals surface area contributed by atoms with E-state index in [2.05, 4.69) is 27.3 Å². The third kappa shape index (κ3) is 2.25. The second-order valence-electron chi connectivity index (χ2n) is 3.48. The van der Waals surface area contributed by atoms with Gasteiger partial charge in [0.25, 0.3) is 0 Å². The highest BCUT2D eigenvalue weighted by Gasteiger charge is 2.16. The highest BCUT2D eigenvalue weighted by molar-refractivity contribution is 9.10. The number of nitrogens with one attached hydrogen (secondary N) is 1. The summed E-state index contributed by atoms with van der Waals surface area (Å²) in [7, 11) is 0. The average molecular weight is 261 g/mol. The van der Waals surface area contributed by atoms with Gasteiger partial charge in [-0.15, -0.1) is 0 Å². The molecule has 0 aliphatic carbocycles. The molecule has 0 unspecified atom stereocenters. The van der Waals surface area contributed by atoms with Crippen molar-refractivity contribution < 1.29 is 0 Å². The Kier molecular flexibility index (Phi) is 2.92. The Morgan fingerprint density at radius 2 is 2.23 bits per heavy atom. The minimum atomic E-state index is 0.803. The van der Waals surface area contributed by atoms with Crippen molar-refractivity contribution in [3.8, 4) is 0 Å². The lowest BCUT2D eigenvalue weighted by Crippen LogP contribution is -2.43. The van der Waals surface area contributed by atoms with E-state index in [1.165, 1.54) is 5.56 Å². The van der Waals surface area contributed by atoms with Gasteiger partial charge in [0, 0.05) is 4.47 Å². The molecule has 0 amide bonds. The predicted octanol–water partition coefficient (Wildman–Crippen LogP) is 2.86. The third-order valence-electron chi connectivity index (χ3n) is 2.37. The smallest absolute Gasteiger partial charge is 0.0550 e. The zero-order valence-corrected chi connectivity index (χ0v) is 9.53. The van der Waals surface area contributed by atoms with E-state index >= 15 is 0 Å². The molecule has 0 saturated carbocycles. The molecule has 0 aromatic heterocycles. The third-order valence-corrected chi connectivity index (χ3v) is 3.61. The monoisotopic (exact) mass is 259 g/mol. The van der Waals surface area contributed by atoms with Gasteiger partial charge in [-0.2, -0.15) is 0 Å². The lowest BCUT2D eigenvalue weighted by molar-refractivity contribution is 0.346. The van der Waals surface area contributed by atoms with E-state index in [0.717, 1.165) is 34.9 Å². The molecule has 0 radical (unpaired) electrons. The molecule has 1 N–H and O–H groups in total. The van der Waals surface area contributed by atoms with E-state index in [9.17, 15) is 0 Å². The van der Waals surface area contributed by atoms with Crippen LogP contribution in [-0.4, -0.2) is 13.1 Å². The number of hydrogen-bond acceptors (Lipinski definition) is 1. The topological polar surface area (TPSA) is 12.0 Å². The first-order valence-corrected chi connectivity index (χ1v) is 5.57. The van der Waals surface area contributed by atoms with Gasteiger partial charge >= 0.3 is 0 Å². The maximum Gasteiger partial charge on any atom is 0.0550 e. The van der Waals surface area contributed by atoms with Crippen molar-refractivity contribution in [2.24, 2.45) is 5.92 Å². The Morgan fingerprint density at radius 1 is 1.46 bits per heavy atom. The lowest BCUT2D eigenvalue weighted by Gasteiger charge is -2.27. The maximum atomic E-state index is 6.00. The van der Waals surface area contributed by atoms with Crippen molar-refractivity contribution >= 4 is 27.5 Å². The van der Waals surface area contributed by atoms with Gasteiger partial charge in [0.15, 0.2) is 0 Å². The van der Waals surface area contributed by atoms with Crippen molar-refractivity contribution in [1.82, 2.24) is 5.32 Å². The van der Waals surface area contributed by atoms with E-state index < -0.39 is 0 Å². The van der Waals surface area contributed by atoms with Gasteiger partial charge in [-0.3, -0.25) is 0 Å². The standard InChI is InChI=1S/C10H11BrClN/c11-9-2-1-7(4-10(9)12)3-8-5-13-6-8/h1-2,4,8,13H,3,5-6H2. The second kappa shape index (κ2) is 3.99. The predicted molar refractivity (Wildman–Crippen MR) is 59.2 cm³/mol. The highest BCUT2D eigenvalue weighted by atomic mass is 79.9. The van der Waals surface area contributed by atoms with Crippen molar-refractivity contribution in [2.45, 2.75) is 6.42 Å². The Labute approximate surface area is 91.6 Å². The minimum absolute atomic E-state index is 0.803. The highest BCUT2D eigenvalue weighted by Crippen LogP contribution is 2.24. The van der Waals surface area contributed by atoms with Gasteiger partial charge in [-0.05, 0) is 59.1 Å². The molecule has 1 heterocycles. The first kappa shape index (κ1) is 9.50. The van der Waals surface area contributed by atoms with Crippen LogP contribution >= 0.6 is 27.5 Å². The van der Waals surface area contributed by atoms with Gasteiger partial charge < -0.3 is 5.32 Å². The van der Waals surface area contributed by atoms with Crippen molar-refractivity contribution in [3.63, 3.8) is 0 Å². The number of halogens is 2. The van der Waals surface area contributed by atoms with Crippen LogP contribution in [0.3, 0.4) is 0 Å². The first-order chi connectivity index (χ1) is 6.25. The molecule has 0 atom stereocenters. The molecule has 1 fully saturated rings. The molecule has 3 heteroatoms. The van der Waals surface area contributed by atoms with Crippen LogP contribution in [0.25, 0.3) is 0 Å². The molecule has 1 aromatic carbocycles. The minimum Gasteiger partial charge on any atom is -0.316 e. The van der Waals surface area contributed by atoms with Crippen LogP contribution in [0.4, 0.5) is 0 Å². The zero-order valence-electron chi connectivity index (χ0n) is 7.19. The SMILES string of the molecule is Clc1cc(CC2CNC2)ccc1Br. The molecule has 13 heavy (non-hydrogen) atoms. The molecular formula is C10H11BrClN. The van der Waals surface area contributed by atoms with Crippen LogP contribution in [0.15, 0.2) is 22.7 Å². The Bertz CT molecular complexity index is 310. The molecule has 0 spiro atoms. The van der Waals surface area contributed by atoms with E-state index in [0.29, 0.717) is 0 Å². The van der Waals surface area contributed by atoms with Crippen LogP contribution < -0.4 is 5.32 Å². The van der Waals surface area contributed by atoms with E-state index in [-0.39, 0.29) is 0 Å². The van der Waals surface area contributed by atoms with Crippen LogP contribution in [0.5, 0.6) is 0 Å². The molecule has 1 saturated heterocycles. The quantitative estimate of drug-likeness (QED) is 0.862. The normalized spacial score (nSPS) is 17.1. The largest absolute Gasteiger partial charge is 0.316 e. The molecule has 1 aliphatic heterocycles. The first-order valence-electron chi connectivity index (χ1n) is 4.40. The van der Waals surface area contributed by atoms with E-state index in [1.807, 2.05) is 12.1 Å². The zero-order chi connectivity index (χ0) is 9.26. The van der Waals surface area contributed by atoms with Gasteiger partial charge in [-0.25, -0.2) is 0 Å². The Morgan fingerprint density at radius 3 is 2.77 bits per heavy atom. The summed E-state index contributed by atoms with van der Waals surface area (Å²) in [5, 5.41) is 4.08. The summed E-state index contributed by atoms with van der Waals surface area (Å²) in [5.74, 6) is 0.803.